The van der Waals surface area contributed by atoms with Gasteiger partial charge in [-0.25, -0.2) is 0 Å². The minimum atomic E-state index is -0.0734. The molecule has 0 amide bonds. The highest BCUT2D eigenvalue weighted by molar-refractivity contribution is 6.31. The number of halogens is 1. The molecule has 6 nitrogen and oxygen atoms in total. The lowest BCUT2D eigenvalue weighted by Gasteiger charge is -2.33. The zero-order valence-electron chi connectivity index (χ0n) is 13.3. The van der Waals surface area contributed by atoms with Gasteiger partial charge in [0.25, 0.3) is 0 Å². The van der Waals surface area contributed by atoms with Gasteiger partial charge in [-0.05, 0) is 19.1 Å². The van der Waals surface area contributed by atoms with Crippen LogP contribution in [-0.2, 0) is 11.3 Å². The lowest BCUT2D eigenvalue weighted by molar-refractivity contribution is -0.0228. The third-order valence-corrected chi connectivity index (χ3v) is 4.16. The molecule has 0 aliphatic carbocycles. The zero-order valence-corrected chi connectivity index (χ0v) is 14.0. The molecule has 7 heteroatoms. The van der Waals surface area contributed by atoms with E-state index in [4.69, 9.17) is 25.5 Å². The van der Waals surface area contributed by atoms with Crippen molar-refractivity contribution in [3.05, 3.63) is 40.6 Å². The Morgan fingerprint density at radius 2 is 2.26 bits per heavy atom. The van der Waals surface area contributed by atoms with Gasteiger partial charge in [0.05, 0.1) is 19.8 Å². The van der Waals surface area contributed by atoms with Crippen molar-refractivity contribution in [2.75, 3.05) is 26.4 Å². The van der Waals surface area contributed by atoms with Crippen molar-refractivity contribution in [2.45, 2.75) is 26.4 Å². The Balaban J connectivity index is 1.85. The minimum Gasteiger partial charge on any atom is -0.493 e. The smallest absolute Gasteiger partial charge is 0.235 e. The average Bonchev–Trinajstić information content (AvgIpc) is 2.98. The maximum atomic E-state index is 6.39. The number of morpholine rings is 1. The van der Waals surface area contributed by atoms with E-state index in [1.807, 2.05) is 25.1 Å². The molecule has 0 spiro atoms. The Morgan fingerprint density at radius 3 is 3.00 bits per heavy atom. The quantitative estimate of drug-likeness (QED) is 0.835. The monoisotopic (exact) mass is 337 g/mol. The number of rotatable bonds is 5. The summed E-state index contributed by atoms with van der Waals surface area (Å²) in [7, 11) is 0. The molecule has 0 N–H and O–H groups in total. The molecular weight excluding hydrogens is 318 g/mol. The van der Waals surface area contributed by atoms with Crippen molar-refractivity contribution in [1.29, 1.82) is 0 Å². The van der Waals surface area contributed by atoms with Gasteiger partial charge in [-0.1, -0.05) is 17.7 Å². The number of ether oxygens (including phenoxy) is 2. The van der Waals surface area contributed by atoms with Crippen LogP contribution in [0, 0.1) is 6.92 Å². The Kier molecular flexibility index (Phi) is 5.15. The molecular formula is C16H20ClN3O3. The van der Waals surface area contributed by atoms with Gasteiger partial charge in [0.1, 0.15) is 11.8 Å². The molecule has 1 aliphatic rings. The molecule has 1 saturated heterocycles. The summed E-state index contributed by atoms with van der Waals surface area (Å²) < 4.78 is 16.9. The molecule has 0 saturated carbocycles. The predicted octanol–water partition coefficient (Wildman–Crippen LogP) is 3.00. The first-order chi connectivity index (χ1) is 11.2. The number of aryl methyl sites for hydroxylation is 1. The van der Waals surface area contributed by atoms with Crippen LogP contribution in [0.25, 0.3) is 0 Å². The minimum absolute atomic E-state index is 0.0734. The highest BCUT2D eigenvalue weighted by atomic mass is 35.5. The van der Waals surface area contributed by atoms with Crippen molar-refractivity contribution in [3.8, 4) is 5.75 Å². The molecule has 23 heavy (non-hydrogen) atoms. The highest BCUT2D eigenvalue weighted by Crippen LogP contribution is 2.32. The standard InChI is InChI=1S/C16H20ClN3O3/c1-3-22-15-6-4-5-13(17)12(15)9-20-7-8-21-10-14(20)16-19-18-11(2)23-16/h4-6,14H,3,7-10H2,1-2H3/t14-/m1/s1. The number of nitrogens with zero attached hydrogens (tertiary/aromatic N) is 3. The first kappa shape index (κ1) is 16.2. The van der Waals surface area contributed by atoms with E-state index in [1.54, 1.807) is 6.92 Å². The van der Waals surface area contributed by atoms with Gasteiger partial charge >= 0.3 is 0 Å². The van der Waals surface area contributed by atoms with Crippen molar-refractivity contribution < 1.29 is 13.9 Å². The largest absolute Gasteiger partial charge is 0.493 e. The van der Waals surface area contributed by atoms with Gasteiger partial charge in [-0.2, -0.15) is 0 Å². The van der Waals surface area contributed by atoms with Crippen LogP contribution in [0.1, 0.15) is 30.3 Å². The van der Waals surface area contributed by atoms with E-state index in [-0.39, 0.29) is 6.04 Å². The Morgan fingerprint density at radius 1 is 1.39 bits per heavy atom. The lowest BCUT2D eigenvalue weighted by atomic mass is 10.1. The molecule has 0 radical (unpaired) electrons. The number of benzene rings is 1. The van der Waals surface area contributed by atoms with Gasteiger partial charge in [-0.15, -0.1) is 10.2 Å². The maximum absolute atomic E-state index is 6.39. The van der Waals surface area contributed by atoms with Crippen LogP contribution < -0.4 is 4.74 Å². The second kappa shape index (κ2) is 7.29. The van der Waals surface area contributed by atoms with E-state index >= 15 is 0 Å². The number of hydrogen-bond donors (Lipinski definition) is 0. The molecule has 3 rings (SSSR count). The van der Waals surface area contributed by atoms with Gasteiger partial charge in [0.15, 0.2) is 0 Å². The number of aromatic nitrogens is 2. The van der Waals surface area contributed by atoms with Gasteiger partial charge < -0.3 is 13.9 Å². The van der Waals surface area contributed by atoms with Gasteiger partial charge in [0, 0.05) is 30.6 Å². The Bertz CT molecular complexity index is 662. The molecule has 2 heterocycles. The summed E-state index contributed by atoms with van der Waals surface area (Å²) in [5.41, 5.74) is 0.971. The molecule has 124 valence electrons. The van der Waals surface area contributed by atoms with Crippen molar-refractivity contribution in [1.82, 2.24) is 15.1 Å². The van der Waals surface area contributed by atoms with Gasteiger partial charge in [-0.3, -0.25) is 4.90 Å². The van der Waals surface area contributed by atoms with E-state index in [0.29, 0.717) is 43.2 Å². The van der Waals surface area contributed by atoms with Crippen LogP contribution in [-0.4, -0.2) is 41.5 Å². The predicted molar refractivity (Wildman–Crippen MR) is 85.6 cm³/mol. The van der Waals surface area contributed by atoms with Crippen LogP contribution >= 0.6 is 11.6 Å². The molecule has 1 aromatic heterocycles. The fourth-order valence-electron chi connectivity index (χ4n) is 2.69. The lowest BCUT2D eigenvalue weighted by Crippen LogP contribution is -2.39. The van der Waals surface area contributed by atoms with Crippen LogP contribution in [0.4, 0.5) is 0 Å². The number of hydrogen-bond acceptors (Lipinski definition) is 6. The van der Waals surface area contributed by atoms with Crippen LogP contribution in [0.15, 0.2) is 22.6 Å². The van der Waals surface area contributed by atoms with E-state index < -0.39 is 0 Å². The molecule has 0 unspecified atom stereocenters. The molecule has 1 fully saturated rings. The summed E-state index contributed by atoms with van der Waals surface area (Å²) in [6, 6.07) is 5.65. The van der Waals surface area contributed by atoms with E-state index in [1.165, 1.54) is 0 Å². The first-order valence-electron chi connectivity index (χ1n) is 7.71. The summed E-state index contributed by atoms with van der Waals surface area (Å²) in [5.74, 6) is 1.94. The summed E-state index contributed by atoms with van der Waals surface area (Å²) in [4.78, 5) is 2.24. The van der Waals surface area contributed by atoms with E-state index in [0.717, 1.165) is 17.9 Å². The fraction of sp³-hybridized carbons (Fsp3) is 0.500. The molecule has 0 bridgehead atoms. The van der Waals surface area contributed by atoms with E-state index in [2.05, 4.69) is 15.1 Å². The first-order valence-corrected chi connectivity index (χ1v) is 8.08. The highest BCUT2D eigenvalue weighted by Gasteiger charge is 2.30. The second-order valence-electron chi connectivity index (χ2n) is 5.37. The summed E-state index contributed by atoms with van der Waals surface area (Å²) in [5, 5.41) is 8.76. The molecule has 1 aromatic carbocycles. The SMILES string of the molecule is CCOc1cccc(Cl)c1CN1CCOC[C@@H]1c1nnc(C)o1. The average molecular weight is 338 g/mol. The van der Waals surface area contributed by atoms with Crippen LogP contribution in [0.5, 0.6) is 5.75 Å². The Labute approximate surface area is 140 Å². The normalized spacial score (nSPS) is 19.0. The summed E-state index contributed by atoms with van der Waals surface area (Å²) in [6.07, 6.45) is 0. The fourth-order valence-corrected chi connectivity index (χ4v) is 2.91. The summed E-state index contributed by atoms with van der Waals surface area (Å²) in [6.45, 7) is 6.94. The molecule has 1 atom stereocenters. The second-order valence-corrected chi connectivity index (χ2v) is 5.78. The maximum Gasteiger partial charge on any atom is 0.235 e. The summed E-state index contributed by atoms with van der Waals surface area (Å²) >= 11 is 6.39. The van der Waals surface area contributed by atoms with Crippen LogP contribution in [0.3, 0.4) is 0 Å². The van der Waals surface area contributed by atoms with E-state index in [9.17, 15) is 0 Å². The van der Waals surface area contributed by atoms with Crippen molar-refractivity contribution >= 4 is 11.6 Å². The Hall–Kier alpha value is -1.63. The third kappa shape index (κ3) is 3.65. The zero-order chi connectivity index (χ0) is 16.2. The van der Waals surface area contributed by atoms with Crippen LogP contribution in [0.2, 0.25) is 5.02 Å². The third-order valence-electron chi connectivity index (χ3n) is 3.80. The van der Waals surface area contributed by atoms with Crippen molar-refractivity contribution in [3.63, 3.8) is 0 Å². The molecule has 2 aromatic rings. The van der Waals surface area contributed by atoms with Crippen molar-refractivity contribution in [2.24, 2.45) is 0 Å². The topological polar surface area (TPSA) is 60.6 Å². The molecule has 1 aliphatic heterocycles. The van der Waals surface area contributed by atoms with Gasteiger partial charge in [0.2, 0.25) is 11.8 Å².